The van der Waals surface area contributed by atoms with E-state index >= 15 is 0 Å². The van der Waals surface area contributed by atoms with Crippen molar-refractivity contribution in [2.45, 2.75) is 60.3 Å². The van der Waals surface area contributed by atoms with Gasteiger partial charge in [-0.1, -0.05) is 65.0 Å². The minimum Gasteiger partial charge on any atom is -0.303 e. The Hall–Kier alpha value is -1.33. The molecule has 0 atom stereocenters. The van der Waals surface area contributed by atoms with Gasteiger partial charge in [0.05, 0.1) is 6.07 Å². The summed E-state index contributed by atoms with van der Waals surface area (Å²) in [6.45, 7) is 13.7. The van der Waals surface area contributed by atoms with Crippen molar-refractivity contribution >= 4 is 0 Å². The molecule has 1 saturated heterocycles. The van der Waals surface area contributed by atoms with Gasteiger partial charge >= 0.3 is 0 Å². The van der Waals surface area contributed by atoms with E-state index in [4.69, 9.17) is 5.26 Å². The summed E-state index contributed by atoms with van der Waals surface area (Å²) in [5.41, 5.74) is 1.68. The number of rotatable bonds is 4. The molecule has 2 heteroatoms. The molecule has 0 amide bonds. The van der Waals surface area contributed by atoms with Crippen LogP contribution >= 0.6 is 0 Å². The first-order valence-electron chi connectivity index (χ1n) is 8.85. The third kappa shape index (κ3) is 7.61. The van der Waals surface area contributed by atoms with E-state index in [1.54, 1.807) is 0 Å². The average Bonchev–Trinajstić information content (AvgIpc) is 2.59. The van der Waals surface area contributed by atoms with Crippen LogP contribution in [0.5, 0.6) is 0 Å². The zero-order valence-electron chi connectivity index (χ0n) is 15.2. The topological polar surface area (TPSA) is 27.0 Å². The SMILES string of the molecule is CC.CC.CC1(CC#N)CCN(CCc2ccccc2)CC1. The van der Waals surface area contributed by atoms with Gasteiger partial charge in [0.2, 0.25) is 0 Å². The summed E-state index contributed by atoms with van der Waals surface area (Å²) in [7, 11) is 0. The van der Waals surface area contributed by atoms with Gasteiger partial charge in [-0.2, -0.15) is 5.26 Å². The smallest absolute Gasteiger partial charge is 0.0627 e. The molecule has 1 heterocycles. The first-order valence-corrected chi connectivity index (χ1v) is 8.85. The van der Waals surface area contributed by atoms with Crippen LogP contribution in [0.2, 0.25) is 0 Å². The van der Waals surface area contributed by atoms with Gasteiger partial charge in [0, 0.05) is 13.0 Å². The van der Waals surface area contributed by atoms with Gasteiger partial charge < -0.3 is 4.90 Å². The summed E-state index contributed by atoms with van der Waals surface area (Å²) in [5, 5.41) is 8.84. The molecule has 1 aromatic rings. The number of hydrogen-bond acceptors (Lipinski definition) is 2. The minimum atomic E-state index is 0.262. The number of likely N-dealkylation sites (tertiary alicyclic amines) is 1. The van der Waals surface area contributed by atoms with Crippen molar-refractivity contribution in [2.75, 3.05) is 19.6 Å². The van der Waals surface area contributed by atoms with Crippen molar-refractivity contribution in [3.63, 3.8) is 0 Å². The Morgan fingerprint density at radius 1 is 1.05 bits per heavy atom. The molecule has 124 valence electrons. The highest BCUT2D eigenvalue weighted by Crippen LogP contribution is 2.33. The number of nitrogens with zero attached hydrogens (tertiary/aromatic N) is 2. The van der Waals surface area contributed by atoms with Crippen LogP contribution in [0.4, 0.5) is 0 Å². The van der Waals surface area contributed by atoms with Crippen molar-refractivity contribution in [1.29, 1.82) is 5.26 Å². The molecule has 1 aliphatic rings. The van der Waals surface area contributed by atoms with E-state index in [0.717, 1.165) is 38.9 Å². The molecule has 0 radical (unpaired) electrons. The second-order valence-electron chi connectivity index (χ2n) is 5.72. The van der Waals surface area contributed by atoms with Crippen LogP contribution in [0.3, 0.4) is 0 Å². The average molecular weight is 303 g/mol. The van der Waals surface area contributed by atoms with Crippen LogP contribution < -0.4 is 0 Å². The number of nitriles is 1. The summed E-state index contributed by atoms with van der Waals surface area (Å²) in [6, 6.07) is 13.0. The van der Waals surface area contributed by atoms with E-state index in [0.29, 0.717) is 6.42 Å². The third-order valence-electron chi connectivity index (χ3n) is 4.13. The standard InChI is InChI=1S/C16H22N2.2C2H6/c1-16(8-11-17)9-13-18(14-10-16)12-7-15-5-3-2-4-6-15;2*1-2/h2-6H,7-10,12-14H2,1H3;2*1-2H3. The van der Waals surface area contributed by atoms with Crippen molar-refractivity contribution in [3.05, 3.63) is 35.9 Å². The monoisotopic (exact) mass is 302 g/mol. The molecule has 1 aliphatic heterocycles. The first kappa shape index (κ1) is 20.7. The fraction of sp³-hybridized carbons (Fsp3) is 0.650. The van der Waals surface area contributed by atoms with Crippen LogP contribution in [-0.4, -0.2) is 24.5 Å². The molecule has 2 nitrogen and oxygen atoms in total. The molecule has 1 aromatic carbocycles. The summed E-state index contributed by atoms with van der Waals surface area (Å²) < 4.78 is 0. The van der Waals surface area contributed by atoms with Crippen LogP contribution in [0, 0.1) is 16.7 Å². The highest BCUT2D eigenvalue weighted by Gasteiger charge is 2.29. The lowest BCUT2D eigenvalue weighted by molar-refractivity contribution is 0.123. The molecule has 0 N–H and O–H groups in total. The van der Waals surface area contributed by atoms with Gasteiger partial charge in [-0.15, -0.1) is 0 Å². The zero-order valence-corrected chi connectivity index (χ0v) is 15.2. The highest BCUT2D eigenvalue weighted by molar-refractivity contribution is 5.14. The summed E-state index contributed by atoms with van der Waals surface area (Å²) in [5.74, 6) is 0. The normalized spacial score (nSPS) is 16.4. The molecule has 1 fully saturated rings. The lowest BCUT2D eigenvalue weighted by Gasteiger charge is -2.38. The summed E-state index contributed by atoms with van der Waals surface area (Å²) in [6.07, 6.45) is 4.17. The van der Waals surface area contributed by atoms with E-state index in [1.165, 1.54) is 5.56 Å². The number of benzene rings is 1. The number of hydrogen-bond donors (Lipinski definition) is 0. The van der Waals surface area contributed by atoms with Crippen molar-refractivity contribution in [2.24, 2.45) is 5.41 Å². The van der Waals surface area contributed by atoms with Gasteiger partial charge in [-0.25, -0.2) is 0 Å². The Morgan fingerprint density at radius 2 is 1.59 bits per heavy atom. The molecular weight excluding hydrogens is 268 g/mol. The van der Waals surface area contributed by atoms with Crippen LogP contribution in [0.15, 0.2) is 30.3 Å². The van der Waals surface area contributed by atoms with Gasteiger partial charge in [-0.05, 0) is 43.3 Å². The predicted molar refractivity (Wildman–Crippen MR) is 96.9 cm³/mol. The van der Waals surface area contributed by atoms with E-state index in [1.807, 2.05) is 27.7 Å². The van der Waals surface area contributed by atoms with E-state index < -0.39 is 0 Å². The Labute approximate surface area is 138 Å². The second kappa shape index (κ2) is 12.2. The fourth-order valence-corrected chi connectivity index (χ4v) is 2.62. The molecule has 0 saturated carbocycles. The Kier molecular flexibility index (Phi) is 11.5. The fourth-order valence-electron chi connectivity index (χ4n) is 2.62. The quantitative estimate of drug-likeness (QED) is 0.755. The molecule has 0 aromatic heterocycles. The Bertz CT molecular complexity index is 397. The van der Waals surface area contributed by atoms with E-state index in [9.17, 15) is 0 Å². The van der Waals surface area contributed by atoms with Gasteiger partial charge in [0.1, 0.15) is 0 Å². The van der Waals surface area contributed by atoms with Gasteiger partial charge in [0.25, 0.3) is 0 Å². The van der Waals surface area contributed by atoms with Gasteiger partial charge in [-0.3, -0.25) is 0 Å². The molecular formula is C20H34N2. The van der Waals surface area contributed by atoms with E-state index in [2.05, 4.69) is 48.2 Å². The second-order valence-corrected chi connectivity index (χ2v) is 5.72. The maximum atomic E-state index is 8.84. The number of piperidine rings is 1. The molecule has 0 aliphatic carbocycles. The lowest BCUT2D eigenvalue weighted by Crippen LogP contribution is -2.39. The van der Waals surface area contributed by atoms with Crippen LogP contribution in [0.1, 0.15) is 59.4 Å². The molecule has 0 spiro atoms. The summed E-state index contributed by atoms with van der Waals surface area (Å²) >= 11 is 0. The largest absolute Gasteiger partial charge is 0.303 e. The Morgan fingerprint density at radius 3 is 2.09 bits per heavy atom. The maximum absolute atomic E-state index is 8.84. The predicted octanol–water partition coefficient (Wildman–Crippen LogP) is 5.30. The first-order chi connectivity index (χ1) is 10.7. The Balaban J connectivity index is 0.00000102. The molecule has 22 heavy (non-hydrogen) atoms. The third-order valence-corrected chi connectivity index (χ3v) is 4.13. The van der Waals surface area contributed by atoms with E-state index in [-0.39, 0.29) is 5.41 Å². The lowest BCUT2D eigenvalue weighted by atomic mass is 9.78. The van der Waals surface area contributed by atoms with Crippen molar-refractivity contribution < 1.29 is 0 Å². The molecule has 2 rings (SSSR count). The van der Waals surface area contributed by atoms with Crippen molar-refractivity contribution in [3.8, 4) is 6.07 Å². The van der Waals surface area contributed by atoms with Crippen LogP contribution in [0.25, 0.3) is 0 Å². The van der Waals surface area contributed by atoms with Crippen molar-refractivity contribution in [1.82, 2.24) is 4.90 Å². The highest BCUT2D eigenvalue weighted by atomic mass is 15.1. The molecule has 0 bridgehead atoms. The maximum Gasteiger partial charge on any atom is 0.0627 e. The molecule has 0 unspecified atom stereocenters. The van der Waals surface area contributed by atoms with Gasteiger partial charge in [0.15, 0.2) is 0 Å². The van der Waals surface area contributed by atoms with Crippen LogP contribution in [-0.2, 0) is 6.42 Å². The zero-order chi connectivity index (χ0) is 16.8. The summed E-state index contributed by atoms with van der Waals surface area (Å²) in [4.78, 5) is 2.53. The minimum absolute atomic E-state index is 0.262.